The summed E-state index contributed by atoms with van der Waals surface area (Å²) in [6.45, 7) is 4.85. The number of hydrogen-bond donors (Lipinski definition) is 1. The highest BCUT2D eigenvalue weighted by Gasteiger charge is 2.78. The number of primary amides is 1. The summed E-state index contributed by atoms with van der Waals surface area (Å²) in [5.41, 5.74) is 5.70. The van der Waals surface area contributed by atoms with Crippen LogP contribution in [0.5, 0.6) is 5.75 Å². The van der Waals surface area contributed by atoms with Crippen LogP contribution < -0.4 is 10.5 Å². The Balaban J connectivity index is 1.58. The van der Waals surface area contributed by atoms with E-state index >= 15 is 0 Å². The average molecular weight is 413 g/mol. The largest absolute Gasteiger partial charge is 0.493 e. The van der Waals surface area contributed by atoms with Crippen molar-refractivity contribution in [3.05, 3.63) is 52.2 Å². The van der Waals surface area contributed by atoms with Gasteiger partial charge >= 0.3 is 0 Å². The number of carbonyl (C=O) groups is 2. The van der Waals surface area contributed by atoms with Gasteiger partial charge in [0.25, 0.3) is 0 Å². The van der Waals surface area contributed by atoms with E-state index < -0.39 is 11.4 Å². The van der Waals surface area contributed by atoms with Gasteiger partial charge in [0, 0.05) is 21.9 Å². The van der Waals surface area contributed by atoms with Crippen molar-refractivity contribution in [1.82, 2.24) is 4.90 Å². The summed E-state index contributed by atoms with van der Waals surface area (Å²) in [6, 6.07) is 8.88. The van der Waals surface area contributed by atoms with Crippen molar-refractivity contribution in [1.29, 1.82) is 0 Å². The van der Waals surface area contributed by atoms with Gasteiger partial charge in [-0.05, 0) is 69.4 Å². The van der Waals surface area contributed by atoms with Crippen molar-refractivity contribution >= 4 is 23.0 Å². The van der Waals surface area contributed by atoms with Crippen LogP contribution in [0.15, 0.2) is 41.1 Å². The summed E-state index contributed by atoms with van der Waals surface area (Å²) in [5.74, 6) is 0.471. The zero-order chi connectivity index (χ0) is 20.9. The van der Waals surface area contributed by atoms with E-state index in [1.54, 1.807) is 35.6 Å². The molecule has 1 aromatic carbocycles. The lowest BCUT2D eigenvalue weighted by Crippen LogP contribution is -2.46. The number of benzene rings is 1. The maximum absolute atomic E-state index is 13.4. The Kier molecular flexibility index (Phi) is 4.82. The van der Waals surface area contributed by atoms with Crippen molar-refractivity contribution in [3.8, 4) is 5.75 Å². The van der Waals surface area contributed by atoms with E-state index in [1.165, 1.54) is 0 Å². The molecule has 29 heavy (non-hydrogen) atoms. The first-order valence-electron chi connectivity index (χ1n) is 10.1. The molecule has 0 radical (unpaired) electrons. The highest BCUT2D eigenvalue weighted by atomic mass is 32.1. The predicted octanol–water partition coefficient (Wildman–Crippen LogP) is 4.13. The molecule has 0 bridgehead atoms. The zero-order valence-electron chi connectivity index (χ0n) is 17.2. The van der Waals surface area contributed by atoms with Gasteiger partial charge in [0.1, 0.15) is 11.3 Å². The predicted molar refractivity (Wildman–Crippen MR) is 115 cm³/mol. The smallest absolute Gasteiger partial charge is 0.248 e. The standard InChI is InChI=1S/C23H28N2O3S/c1-21(19(26)17-10-13-29-14-17)22(2,25(21)3)23(11-4-5-12-23)15-28-18-8-6-16(7-9-18)20(24)27/h6-10,13-14H,4-5,11-12,15H2,1-3H3,(H2,24,27)/t21-,22-,25?/m0/s1. The maximum atomic E-state index is 13.4. The lowest BCUT2D eigenvalue weighted by Gasteiger charge is -2.37. The normalized spacial score (nSPS) is 30.1. The second-order valence-corrected chi connectivity index (χ2v) is 9.49. The van der Waals surface area contributed by atoms with E-state index in [4.69, 9.17) is 10.5 Å². The number of thiophene rings is 1. The quantitative estimate of drug-likeness (QED) is 0.548. The Morgan fingerprint density at radius 3 is 2.31 bits per heavy atom. The zero-order valence-corrected chi connectivity index (χ0v) is 18.1. The van der Waals surface area contributed by atoms with Crippen LogP contribution in [0.3, 0.4) is 0 Å². The van der Waals surface area contributed by atoms with Crippen molar-refractivity contribution in [3.63, 3.8) is 0 Å². The average Bonchev–Trinajstić information content (AvgIpc) is 3.26. The van der Waals surface area contributed by atoms with Crippen LogP contribution in [0.25, 0.3) is 0 Å². The summed E-state index contributed by atoms with van der Waals surface area (Å²) in [7, 11) is 2.06. The molecule has 1 saturated carbocycles. The van der Waals surface area contributed by atoms with Crippen LogP contribution >= 0.6 is 11.3 Å². The van der Waals surface area contributed by atoms with Crippen LogP contribution in [0.1, 0.15) is 60.2 Å². The third-order valence-corrected chi connectivity index (χ3v) is 8.40. The minimum absolute atomic E-state index is 0.0927. The third-order valence-electron chi connectivity index (χ3n) is 7.71. The molecule has 1 aliphatic heterocycles. The molecule has 2 N–H and O–H groups in total. The Labute approximate surface area is 175 Å². The first kappa shape index (κ1) is 20.1. The molecule has 5 nitrogen and oxygen atoms in total. The van der Waals surface area contributed by atoms with E-state index in [1.807, 2.05) is 16.8 Å². The third kappa shape index (κ3) is 2.84. The monoisotopic (exact) mass is 412 g/mol. The van der Waals surface area contributed by atoms with Crippen LogP contribution in [0.4, 0.5) is 0 Å². The van der Waals surface area contributed by atoms with Crippen LogP contribution in [-0.4, -0.2) is 41.3 Å². The van der Waals surface area contributed by atoms with E-state index in [2.05, 4.69) is 25.8 Å². The number of ether oxygens (including phenoxy) is 1. The van der Waals surface area contributed by atoms with Gasteiger partial charge < -0.3 is 10.5 Å². The van der Waals surface area contributed by atoms with E-state index in [-0.39, 0.29) is 16.7 Å². The molecule has 3 atom stereocenters. The molecule has 1 aliphatic carbocycles. The van der Waals surface area contributed by atoms with Crippen molar-refractivity contribution < 1.29 is 14.3 Å². The van der Waals surface area contributed by atoms with Crippen LogP contribution in [0.2, 0.25) is 0 Å². The van der Waals surface area contributed by atoms with Gasteiger partial charge in [-0.2, -0.15) is 11.3 Å². The number of rotatable bonds is 7. The molecule has 2 fully saturated rings. The summed E-state index contributed by atoms with van der Waals surface area (Å²) in [5, 5.41) is 3.90. The van der Waals surface area contributed by atoms with Gasteiger partial charge in [-0.3, -0.25) is 14.5 Å². The number of likely N-dealkylation sites (N-methyl/N-ethyl adjacent to an activating group) is 1. The fraction of sp³-hybridized carbons (Fsp3) is 0.478. The molecule has 0 spiro atoms. The summed E-state index contributed by atoms with van der Waals surface area (Å²) >= 11 is 1.56. The molecular formula is C23H28N2O3S. The van der Waals surface area contributed by atoms with Crippen LogP contribution in [-0.2, 0) is 0 Å². The highest BCUT2D eigenvalue weighted by molar-refractivity contribution is 7.08. The summed E-state index contributed by atoms with van der Waals surface area (Å²) in [6.07, 6.45) is 4.38. The van der Waals surface area contributed by atoms with Crippen molar-refractivity contribution in [2.45, 2.75) is 50.6 Å². The lowest BCUT2D eigenvalue weighted by atomic mass is 9.68. The first-order valence-corrected chi connectivity index (χ1v) is 11.0. The number of carbonyl (C=O) groups excluding carboxylic acids is 2. The van der Waals surface area contributed by atoms with Crippen LogP contribution in [0, 0.1) is 5.41 Å². The number of nitrogens with two attached hydrogens (primary N) is 1. The van der Waals surface area contributed by atoms with E-state index in [9.17, 15) is 9.59 Å². The molecule has 154 valence electrons. The molecule has 1 unspecified atom stereocenters. The number of Topliss-reactive ketones (excluding diaryl/α,β-unsaturated/α-hetero) is 1. The topological polar surface area (TPSA) is 72.4 Å². The molecule has 2 heterocycles. The number of hydrogen-bond acceptors (Lipinski definition) is 5. The van der Waals surface area contributed by atoms with Gasteiger partial charge in [-0.1, -0.05) is 12.8 Å². The summed E-state index contributed by atoms with van der Waals surface area (Å²) < 4.78 is 6.22. The molecule has 4 rings (SSSR count). The fourth-order valence-corrected chi connectivity index (χ4v) is 6.12. The minimum Gasteiger partial charge on any atom is -0.493 e. The molecule has 1 amide bonds. The second kappa shape index (κ2) is 6.96. The van der Waals surface area contributed by atoms with Gasteiger partial charge in [0.2, 0.25) is 5.91 Å². The molecular weight excluding hydrogens is 384 g/mol. The SMILES string of the molecule is CN1[C@@](C)(C(=O)c2ccsc2)[C@@]1(C)C1(COc2ccc(C(N)=O)cc2)CCCC1. The minimum atomic E-state index is -0.530. The Hall–Kier alpha value is -2.18. The van der Waals surface area contributed by atoms with Crippen molar-refractivity contribution in [2.24, 2.45) is 11.1 Å². The van der Waals surface area contributed by atoms with E-state index in [0.717, 1.165) is 37.0 Å². The van der Waals surface area contributed by atoms with E-state index in [0.29, 0.717) is 12.2 Å². The van der Waals surface area contributed by atoms with Gasteiger partial charge in [0.05, 0.1) is 12.1 Å². The van der Waals surface area contributed by atoms with Gasteiger partial charge in [-0.25, -0.2) is 0 Å². The number of nitrogens with zero attached hydrogens (tertiary/aromatic N) is 1. The fourth-order valence-electron chi connectivity index (χ4n) is 5.49. The molecule has 2 aliphatic rings. The van der Waals surface area contributed by atoms with Gasteiger partial charge in [-0.15, -0.1) is 0 Å². The molecule has 6 heteroatoms. The molecule has 1 aromatic heterocycles. The lowest BCUT2D eigenvalue weighted by molar-refractivity contribution is 0.0792. The maximum Gasteiger partial charge on any atom is 0.248 e. The first-order chi connectivity index (χ1) is 13.8. The summed E-state index contributed by atoms with van der Waals surface area (Å²) in [4.78, 5) is 26.9. The number of ketones is 1. The Morgan fingerprint density at radius 1 is 1.10 bits per heavy atom. The Bertz CT molecular complexity index is 918. The van der Waals surface area contributed by atoms with Crippen molar-refractivity contribution in [2.75, 3.05) is 13.7 Å². The Morgan fingerprint density at radius 2 is 1.76 bits per heavy atom. The van der Waals surface area contributed by atoms with Gasteiger partial charge in [0.15, 0.2) is 5.78 Å². The molecule has 1 saturated heterocycles. The second-order valence-electron chi connectivity index (χ2n) is 8.71. The number of amides is 1. The molecule has 2 aromatic rings. The highest BCUT2D eigenvalue weighted by Crippen LogP contribution is 2.65.